The smallest absolute Gasteiger partial charge is 0.122 e. The van der Waals surface area contributed by atoms with Crippen molar-refractivity contribution < 1.29 is 4.74 Å². The first-order valence-corrected chi connectivity index (χ1v) is 6.35. The van der Waals surface area contributed by atoms with Crippen LogP contribution in [-0.4, -0.2) is 12.6 Å². The highest BCUT2D eigenvalue weighted by Crippen LogP contribution is 2.28. The summed E-state index contributed by atoms with van der Waals surface area (Å²) in [7, 11) is 1.72. The van der Waals surface area contributed by atoms with Crippen molar-refractivity contribution in [3.8, 4) is 5.75 Å². The standard InChI is InChI=1S/C15H25NO/c1-6-15(16,11(2)3)10-13-9-12(4)7-8-14(13)17-5/h7-9,11H,6,10,16H2,1-5H3. The zero-order valence-corrected chi connectivity index (χ0v) is 11.7. The molecule has 0 fully saturated rings. The molecule has 0 spiro atoms. The molecular weight excluding hydrogens is 210 g/mol. The van der Waals surface area contributed by atoms with Gasteiger partial charge in [0.2, 0.25) is 0 Å². The van der Waals surface area contributed by atoms with Crippen molar-refractivity contribution in [1.82, 2.24) is 0 Å². The molecule has 1 rings (SSSR count). The fraction of sp³-hybridized carbons (Fsp3) is 0.600. The second-order valence-corrected chi connectivity index (χ2v) is 5.23. The molecule has 1 aromatic rings. The molecule has 1 unspecified atom stereocenters. The Bertz CT molecular complexity index is 373. The van der Waals surface area contributed by atoms with Gasteiger partial charge in [-0.05, 0) is 37.3 Å². The van der Waals surface area contributed by atoms with Gasteiger partial charge in [0.15, 0.2) is 0 Å². The van der Waals surface area contributed by atoms with E-state index in [2.05, 4.69) is 39.8 Å². The topological polar surface area (TPSA) is 35.2 Å². The summed E-state index contributed by atoms with van der Waals surface area (Å²) in [5.74, 6) is 1.40. The van der Waals surface area contributed by atoms with Crippen LogP contribution in [0.1, 0.15) is 38.3 Å². The van der Waals surface area contributed by atoms with E-state index in [0.29, 0.717) is 5.92 Å². The molecule has 0 bridgehead atoms. The third-order valence-corrected chi connectivity index (χ3v) is 3.76. The van der Waals surface area contributed by atoms with E-state index in [1.165, 1.54) is 11.1 Å². The molecule has 0 saturated carbocycles. The van der Waals surface area contributed by atoms with Gasteiger partial charge in [0.1, 0.15) is 5.75 Å². The number of nitrogens with two attached hydrogens (primary N) is 1. The molecule has 0 aliphatic rings. The van der Waals surface area contributed by atoms with Crippen molar-refractivity contribution in [2.45, 2.75) is 46.1 Å². The van der Waals surface area contributed by atoms with Crippen molar-refractivity contribution in [3.63, 3.8) is 0 Å². The van der Waals surface area contributed by atoms with Gasteiger partial charge in [-0.2, -0.15) is 0 Å². The van der Waals surface area contributed by atoms with Gasteiger partial charge in [-0.3, -0.25) is 0 Å². The van der Waals surface area contributed by atoms with Crippen LogP contribution in [0.4, 0.5) is 0 Å². The average molecular weight is 235 g/mol. The molecule has 0 heterocycles. The van der Waals surface area contributed by atoms with E-state index in [4.69, 9.17) is 10.5 Å². The monoisotopic (exact) mass is 235 g/mol. The van der Waals surface area contributed by atoms with Crippen LogP contribution in [0, 0.1) is 12.8 Å². The minimum absolute atomic E-state index is 0.152. The Hall–Kier alpha value is -1.02. The molecule has 96 valence electrons. The van der Waals surface area contributed by atoms with Crippen LogP contribution < -0.4 is 10.5 Å². The average Bonchev–Trinajstić information content (AvgIpc) is 2.29. The quantitative estimate of drug-likeness (QED) is 0.849. The van der Waals surface area contributed by atoms with Gasteiger partial charge in [-0.25, -0.2) is 0 Å². The van der Waals surface area contributed by atoms with E-state index in [0.717, 1.165) is 18.6 Å². The Labute approximate surface area is 105 Å². The van der Waals surface area contributed by atoms with Crippen LogP contribution in [-0.2, 0) is 6.42 Å². The highest BCUT2D eigenvalue weighted by molar-refractivity contribution is 5.38. The predicted molar refractivity (Wildman–Crippen MR) is 73.5 cm³/mol. The number of ether oxygens (including phenoxy) is 1. The van der Waals surface area contributed by atoms with E-state index >= 15 is 0 Å². The zero-order valence-electron chi connectivity index (χ0n) is 11.7. The van der Waals surface area contributed by atoms with E-state index < -0.39 is 0 Å². The number of methoxy groups -OCH3 is 1. The molecule has 0 radical (unpaired) electrons. The molecule has 2 heteroatoms. The third kappa shape index (κ3) is 3.22. The van der Waals surface area contributed by atoms with Crippen molar-refractivity contribution >= 4 is 0 Å². The lowest BCUT2D eigenvalue weighted by atomic mass is 9.79. The predicted octanol–water partition coefficient (Wildman–Crippen LogP) is 3.31. The Morgan fingerprint density at radius 2 is 2.00 bits per heavy atom. The minimum Gasteiger partial charge on any atom is -0.496 e. The van der Waals surface area contributed by atoms with Gasteiger partial charge in [-0.1, -0.05) is 38.5 Å². The Kier molecular flexibility index (Phi) is 4.58. The first-order valence-electron chi connectivity index (χ1n) is 6.35. The van der Waals surface area contributed by atoms with E-state index in [-0.39, 0.29) is 5.54 Å². The molecule has 0 saturated heterocycles. The summed E-state index contributed by atoms with van der Waals surface area (Å²) in [6.45, 7) is 8.63. The van der Waals surface area contributed by atoms with E-state index in [1.807, 2.05) is 6.07 Å². The van der Waals surface area contributed by atoms with Crippen LogP contribution in [0.5, 0.6) is 5.75 Å². The lowest BCUT2D eigenvalue weighted by Crippen LogP contribution is -2.46. The number of hydrogen-bond donors (Lipinski definition) is 1. The summed E-state index contributed by atoms with van der Waals surface area (Å²) in [6, 6.07) is 6.28. The van der Waals surface area contributed by atoms with Gasteiger partial charge in [0, 0.05) is 5.54 Å². The lowest BCUT2D eigenvalue weighted by Gasteiger charge is -2.33. The maximum absolute atomic E-state index is 6.49. The van der Waals surface area contributed by atoms with Gasteiger partial charge < -0.3 is 10.5 Å². The van der Waals surface area contributed by atoms with Crippen LogP contribution in [0.3, 0.4) is 0 Å². The molecule has 1 aromatic carbocycles. The van der Waals surface area contributed by atoms with Gasteiger partial charge >= 0.3 is 0 Å². The summed E-state index contributed by atoms with van der Waals surface area (Å²) >= 11 is 0. The molecule has 2 N–H and O–H groups in total. The molecule has 1 atom stereocenters. The highest BCUT2D eigenvalue weighted by atomic mass is 16.5. The van der Waals surface area contributed by atoms with Crippen LogP contribution in [0.2, 0.25) is 0 Å². The Morgan fingerprint density at radius 1 is 1.35 bits per heavy atom. The fourth-order valence-corrected chi connectivity index (χ4v) is 2.14. The largest absolute Gasteiger partial charge is 0.496 e. The highest BCUT2D eigenvalue weighted by Gasteiger charge is 2.28. The summed E-state index contributed by atoms with van der Waals surface area (Å²) in [4.78, 5) is 0. The van der Waals surface area contributed by atoms with E-state index in [1.54, 1.807) is 7.11 Å². The number of hydrogen-bond acceptors (Lipinski definition) is 2. The number of benzene rings is 1. The second-order valence-electron chi connectivity index (χ2n) is 5.23. The molecule has 17 heavy (non-hydrogen) atoms. The molecule has 0 aliphatic carbocycles. The van der Waals surface area contributed by atoms with Gasteiger partial charge in [0.25, 0.3) is 0 Å². The fourth-order valence-electron chi connectivity index (χ4n) is 2.14. The van der Waals surface area contributed by atoms with Gasteiger partial charge in [0.05, 0.1) is 7.11 Å². The van der Waals surface area contributed by atoms with Crippen molar-refractivity contribution in [3.05, 3.63) is 29.3 Å². The summed E-state index contributed by atoms with van der Waals surface area (Å²) in [5.41, 5.74) is 8.80. The van der Waals surface area contributed by atoms with Crippen LogP contribution in [0.15, 0.2) is 18.2 Å². The number of aryl methyl sites for hydroxylation is 1. The summed E-state index contributed by atoms with van der Waals surface area (Å²) < 4.78 is 5.41. The third-order valence-electron chi connectivity index (χ3n) is 3.76. The van der Waals surface area contributed by atoms with Crippen molar-refractivity contribution in [2.24, 2.45) is 11.7 Å². The number of rotatable bonds is 5. The van der Waals surface area contributed by atoms with Gasteiger partial charge in [-0.15, -0.1) is 0 Å². The minimum atomic E-state index is -0.152. The van der Waals surface area contributed by atoms with Crippen LogP contribution in [0.25, 0.3) is 0 Å². The van der Waals surface area contributed by atoms with Crippen LogP contribution >= 0.6 is 0 Å². The molecule has 0 amide bonds. The summed E-state index contributed by atoms with van der Waals surface area (Å²) in [5, 5.41) is 0. The first-order chi connectivity index (χ1) is 7.92. The SMILES string of the molecule is CCC(N)(Cc1cc(C)ccc1OC)C(C)C. The Morgan fingerprint density at radius 3 is 2.47 bits per heavy atom. The molecule has 0 aromatic heterocycles. The Balaban J connectivity index is 3.04. The maximum Gasteiger partial charge on any atom is 0.122 e. The normalized spacial score (nSPS) is 14.8. The maximum atomic E-state index is 6.49. The summed E-state index contributed by atoms with van der Waals surface area (Å²) in [6.07, 6.45) is 1.84. The van der Waals surface area contributed by atoms with Crippen molar-refractivity contribution in [2.75, 3.05) is 7.11 Å². The molecular formula is C15H25NO. The molecule has 2 nitrogen and oxygen atoms in total. The first kappa shape index (κ1) is 14.0. The van der Waals surface area contributed by atoms with Crippen molar-refractivity contribution in [1.29, 1.82) is 0 Å². The van der Waals surface area contributed by atoms with E-state index in [9.17, 15) is 0 Å². The molecule has 0 aliphatic heterocycles. The second kappa shape index (κ2) is 5.54. The zero-order chi connectivity index (χ0) is 13.1. The lowest BCUT2D eigenvalue weighted by molar-refractivity contribution is 0.291.